The van der Waals surface area contributed by atoms with Crippen LogP contribution >= 0.6 is 0 Å². The number of aryl methyl sites for hydroxylation is 2. The van der Waals surface area contributed by atoms with E-state index in [0.717, 1.165) is 5.69 Å². The van der Waals surface area contributed by atoms with Crippen molar-refractivity contribution in [2.75, 3.05) is 7.05 Å². The van der Waals surface area contributed by atoms with Gasteiger partial charge in [0.15, 0.2) is 0 Å². The van der Waals surface area contributed by atoms with E-state index in [9.17, 15) is 4.79 Å². The fourth-order valence-corrected chi connectivity index (χ4v) is 0.800. The number of carbonyl (C=O) groups excluding carboxylic acids is 1. The molecule has 0 aliphatic rings. The van der Waals surface area contributed by atoms with Crippen LogP contribution in [-0.4, -0.2) is 22.7 Å². The maximum atomic E-state index is 11.0. The molecule has 0 radical (unpaired) electrons. The highest BCUT2D eigenvalue weighted by Crippen LogP contribution is 1.99. The Labute approximate surface area is 65.2 Å². The number of hydrogen-bond donors (Lipinski definition) is 1. The largest absolute Gasteiger partial charge is 0.354 e. The van der Waals surface area contributed by atoms with E-state index in [2.05, 4.69) is 10.4 Å². The van der Waals surface area contributed by atoms with E-state index in [1.807, 2.05) is 14.0 Å². The lowest BCUT2D eigenvalue weighted by molar-refractivity contribution is 0.0957. The van der Waals surface area contributed by atoms with Crippen LogP contribution in [0, 0.1) is 6.92 Å². The van der Waals surface area contributed by atoms with Crippen molar-refractivity contribution in [1.29, 1.82) is 0 Å². The molecule has 4 nitrogen and oxygen atoms in total. The fraction of sp³-hybridized carbons (Fsp3) is 0.429. The monoisotopic (exact) mass is 153 g/mol. The number of nitrogens with zero attached hydrogens (tertiary/aromatic N) is 2. The Morgan fingerprint density at radius 3 is 2.73 bits per heavy atom. The highest BCUT2D eigenvalue weighted by atomic mass is 16.1. The average molecular weight is 153 g/mol. The standard InChI is InChI=1S/C7H11N3O/c1-5-4-6(7(11)8-2)9-10(5)3/h4H,1-3H3,(H,8,11). The zero-order chi connectivity index (χ0) is 8.43. The number of rotatable bonds is 1. The zero-order valence-corrected chi connectivity index (χ0v) is 6.88. The second-order valence-corrected chi connectivity index (χ2v) is 2.37. The van der Waals surface area contributed by atoms with Gasteiger partial charge in [0.25, 0.3) is 5.91 Å². The van der Waals surface area contributed by atoms with Gasteiger partial charge >= 0.3 is 0 Å². The predicted octanol–water partition coefficient (Wildman–Crippen LogP) is 0.0881. The van der Waals surface area contributed by atoms with Gasteiger partial charge < -0.3 is 5.32 Å². The van der Waals surface area contributed by atoms with Crippen LogP contribution in [-0.2, 0) is 7.05 Å². The SMILES string of the molecule is CNC(=O)c1cc(C)n(C)n1. The summed E-state index contributed by atoms with van der Waals surface area (Å²) in [7, 11) is 3.40. The third-order valence-electron chi connectivity index (χ3n) is 1.57. The number of aromatic nitrogens is 2. The summed E-state index contributed by atoms with van der Waals surface area (Å²) in [5.74, 6) is -0.145. The first kappa shape index (κ1) is 7.78. The molecule has 0 unspecified atom stereocenters. The van der Waals surface area contributed by atoms with Gasteiger partial charge in [0.2, 0.25) is 0 Å². The topological polar surface area (TPSA) is 46.9 Å². The molecule has 0 spiro atoms. The zero-order valence-electron chi connectivity index (χ0n) is 6.88. The van der Waals surface area contributed by atoms with Crippen LogP contribution in [0.25, 0.3) is 0 Å². The first-order valence-corrected chi connectivity index (χ1v) is 3.38. The third kappa shape index (κ3) is 1.39. The van der Waals surface area contributed by atoms with E-state index in [1.54, 1.807) is 17.8 Å². The molecule has 4 heteroatoms. The van der Waals surface area contributed by atoms with Crippen molar-refractivity contribution in [2.24, 2.45) is 7.05 Å². The van der Waals surface area contributed by atoms with Crippen molar-refractivity contribution in [1.82, 2.24) is 15.1 Å². The summed E-state index contributed by atoms with van der Waals surface area (Å²) in [6.45, 7) is 1.90. The Kier molecular flexibility index (Phi) is 1.94. The molecular weight excluding hydrogens is 142 g/mol. The molecule has 1 rings (SSSR count). The summed E-state index contributed by atoms with van der Waals surface area (Å²) in [4.78, 5) is 11.0. The van der Waals surface area contributed by atoms with E-state index in [0.29, 0.717) is 5.69 Å². The molecular formula is C7H11N3O. The second kappa shape index (κ2) is 2.74. The lowest BCUT2D eigenvalue weighted by atomic mass is 10.3. The number of nitrogens with one attached hydrogen (secondary N) is 1. The molecule has 1 N–H and O–H groups in total. The molecule has 0 atom stereocenters. The van der Waals surface area contributed by atoms with Crippen molar-refractivity contribution in [2.45, 2.75) is 6.92 Å². The Hall–Kier alpha value is -1.32. The quantitative estimate of drug-likeness (QED) is 0.621. The van der Waals surface area contributed by atoms with Crippen LogP contribution in [0.1, 0.15) is 16.2 Å². The van der Waals surface area contributed by atoms with Crippen molar-refractivity contribution >= 4 is 5.91 Å². The molecule has 1 aromatic heterocycles. The van der Waals surface area contributed by atoms with E-state index in [1.165, 1.54) is 0 Å². The molecule has 0 fully saturated rings. The van der Waals surface area contributed by atoms with E-state index < -0.39 is 0 Å². The lowest BCUT2D eigenvalue weighted by Gasteiger charge is -1.91. The van der Waals surface area contributed by atoms with Gasteiger partial charge in [-0.1, -0.05) is 0 Å². The smallest absolute Gasteiger partial charge is 0.271 e. The molecule has 0 bridgehead atoms. The van der Waals surface area contributed by atoms with Gasteiger partial charge in [0, 0.05) is 19.8 Å². The molecule has 0 aliphatic carbocycles. The molecule has 1 amide bonds. The van der Waals surface area contributed by atoms with Crippen molar-refractivity contribution in [3.63, 3.8) is 0 Å². The molecule has 11 heavy (non-hydrogen) atoms. The van der Waals surface area contributed by atoms with Crippen LogP contribution in [0.5, 0.6) is 0 Å². The predicted molar refractivity (Wildman–Crippen MR) is 41.3 cm³/mol. The molecule has 1 aromatic rings. The minimum Gasteiger partial charge on any atom is -0.354 e. The van der Waals surface area contributed by atoms with Crippen LogP contribution in [0.2, 0.25) is 0 Å². The minimum atomic E-state index is -0.145. The summed E-state index contributed by atoms with van der Waals surface area (Å²) in [5, 5.41) is 6.49. The van der Waals surface area contributed by atoms with Gasteiger partial charge in [-0.15, -0.1) is 0 Å². The van der Waals surface area contributed by atoms with Crippen LogP contribution in [0.4, 0.5) is 0 Å². The molecule has 1 heterocycles. The lowest BCUT2D eigenvalue weighted by Crippen LogP contribution is -2.18. The normalized spacial score (nSPS) is 9.73. The highest BCUT2D eigenvalue weighted by molar-refractivity contribution is 5.92. The van der Waals surface area contributed by atoms with Crippen LogP contribution in [0.3, 0.4) is 0 Å². The Balaban J connectivity index is 2.97. The second-order valence-electron chi connectivity index (χ2n) is 2.37. The van der Waals surface area contributed by atoms with Crippen molar-refractivity contribution < 1.29 is 4.79 Å². The first-order chi connectivity index (χ1) is 5.15. The molecule has 0 aromatic carbocycles. The van der Waals surface area contributed by atoms with E-state index >= 15 is 0 Å². The summed E-state index contributed by atoms with van der Waals surface area (Å²) in [6, 6.07) is 1.75. The average Bonchev–Trinajstić information content (AvgIpc) is 2.31. The summed E-state index contributed by atoms with van der Waals surface area (Å²) in [5.41, 5.74) is 1.44. The van der Waals surface area contributed by atoms with Gasteiger partial charge in [-0.2, -0.15) is 5.10 Å². The summed E-state index contributed by atoms with van der Waals surface area (Å²) >= 11 is 0. The van der Waals surface area contributed by atoms with Gasteiger partial charge in [-0.05, 0) is 13.0 Å². The number of carbonyl (C=O) groups is 1. The highest BCUT2D eigenvalue weighted by Gasteiger charge is 2.07. The van der Waals surface area contributed by atoms with Crippen LogP contribution < -0.4 is 5.32 Å². The number of amides is 1. The van der Waals surface area contributed by atoms with Crippen molar-refractivity contribution in [3.05, 3.63) is 17.5 Å². The Morgan fingerprint density at radius 1 is 1.73 bits per heavy atom. The van der Waals surface area contributed by atoms with Gasteiger partial charge in [0.1, 0.15) is 5.69 Å². The fourth-order valence-electron chi connectivity index (χ4n) is 0.800. The van der Waals surface area contributed by atoms with Crippen molar-refractivity contribution in [3.8, 4) is 0 Å². The maximum absolute atomic E-state index is 11.0. The molecule has 60 valence electrons. The van der Waals surface area contributed by atoms with E-state index in [-0.39, 0.29) is 5.91 Å². The van der Waals surface area contributed by atoms with Crippen LogP contribution in [0.15, 0.2) is 6.07 Å². The summed E-state index contributed by atoms with van der Waals surface area (Å²) in [6.07, 6.45) is 0. The Bertz CT molecular complexity index is 258. The third-order valence-corrected chi connectivity index (χ3v) is 1.57. The van der Waals surface area contributed by atoms with Gasteiger partial charge in [-0.3, -0.25) is 9.48 Å². The molecule has 0 saturated heterocycles. The maximum Gasteiger partial charge on any atom is 0.271 e. The summed E-state index contributed by atoms with van der Waals surface area (Å²) < 4.78 is 1.67. The molecule has 0 saturated carbocycles. The van der Waals surface area contributed by atoms with E-state index in [4.69, 9.17) is 0 Å². The minimum absolute atomic E-state index is 0.145. The number of hydrogen-bond acceptors (Lipinski definition) is 2. The van der Waals surface area contributed by atoms with Gasteiger partial charge in [-0.25, -0.2) is 0 Å². The molecule has 0 aliphatic heterocycles. The Morgan fingerprint density at radius 2 is 2.36 bits per heavy atom. The first-order valence-electron chi connectivity index (χ1n) is 3.38. The van der Waals surface area contributed by atoms with Gasteiger partial charge in [0.05, 0.1) is 0 Å².